The molecule has 1 amide bonds. The van der Waals surface area contributed by atoms with Crippen molar-refractivity contribution >= 4 is 5.91 Å². The highest BCUT2D eigenvalue weighted by Crippen LogP contribution is 2.22. The summed E-state index contributed by atoms with van der Waals surface area (Å²) in [5, 5.41) is 2.67. The lowest BCUT2D eigenvalue weighted by Crippen LogP contribution is -2.27. The molecule has 4 nitrogen and oxygen atoms in total. The maximum Gasteiger partial charge on any atom is 0.227 e. The summed E-state index contributed by atoms with van der Waals surface area (Å²) < 4.78 is 5.57. The van der Waals surface area contributed by atoms with Gasteiger partial charge in [0.25, 0.3) is 0 Å². The lowest BCUT2D eigenvalue weighted by molar-refractivity contribution is -0.122. The lowest BCUT2D eigenvalue weighted by Gasteiger charge is -2.16. The number of benzene rings is 1. The summed E-state index contributed by atoms with van der Waals surface area (Å²) in [6.07, 6.45) is 0.791. The van der Waals surface area contributed by atoms with E-state index in [2.05, 4.69) is 5.32 Å². The Morgan fingerprint density at radius 1 is 1.33 bits per heavy atom. The van der Waals surface area contributed by atoms with Crippen LogP contribution in [0.5, 0.6) is 5.75 Å². The van der Waals surface area contributed by atoms with Gasteiger partial charge in [-0.1, -0.05) is 12.1 Å². The Bertz CT molecular complexity index is 374. The Morgan fingerprint density at radius 3 is 2.39 bits per heavy atom. The molecule has 0 aliphatic heterocycles. The molecule has 0 aliphatic rings. The van der Waals surface area contributed by atoms with E-state index in [1.807, 2.05) is 38.1 Å². The number of nitrogens with two attached hydrogens (primary N) is 1. The van der Waals surface area contributed by atoms with E-state index < -0.39 is 0 Å². The second kappa shape index (κ2) is 7.01. The minimum absolute atomic E-state index is 0.00187. The Morgan fingerprint density at radius 2 is 1.94 bits per heavy atom. The average Bonchev–Trinajstić information content (AvgIpc) is 2.35. The van der Waals surface area contributed by atoms with Crippen molar-refractivity contribution in [2.45, 2.75) is 32.3 Å². The van der Waals surface area contributed by atoms with Crippen LogP contribution in [0.15, 0.2) is 24.3 Å². The summed E-state index contributed by atoms with van der Waals surface area (Å²) in [4.78, 5) is 11.8. The van der Waals surface area contributed by atoms with E-state index in [0.29, 0.717) is 13.0 Å². The number of carbonyl (C=O) groups is 1. The molecule has 0 spiro atoms. The van der Waals surface area contributed by atoms with Crippen LogP contribution in [0.1, 0.15) is 31.7 Å². The smallest absolute Gasteiger partial charge is 0.227 e. The molecule has 0 aliphatic carbocycles. The Kier molecular flexibility index (Phi) is 5.65. The molecule has 1 atom stereocenters. The predicted molar refractivity (Wildman–Crippen MR) is 72.7 cm³/mol. The fourth-order valence-corrected chi connectivity index (χ4v) is 1.84. The molecular formula is C14H22N2O2. The van der Waals surface area contributed by atoms with E-state index in [1.165, 1.54) is 0 Å². The Labute approximate surface area is 109 Å². The number of amides is 1. The van der Waals surface area contributed by atoms with Crippen molar-refractivity contribution in [2.24, 2.45) is 5.73 Å². The third kappa shape index (κ3) is 4.04. The van der Waals surface area contributed by atoms with Crippen LogP contribution in [0, 0.1) is 0 Å². The summed E-state index contributed by atoms with van der Waals surface area (Å²) in [6.45, 7) is 4.45. The maximum atomic E-state index is 11.8. The van der Waals surface area contributed by atoms with Gasteiger partial charge < -0.3 is 15.8 Å². The first-order valence-electron chi connectivity index (χ1n) is 6.26. The molecule has 1 aromatic carbocycles. The standard InChI is InChI=1S/C14H22N2O2/c1-10(2)18-12-6-4-11(5-7-12)13(8-9-15)14(17)16-3/h4-7,10,13H,8-9,15H2,1-3H3,(H,16,17). The zero-order chi connectivity index (χ0) is 13.5. The van der Waals surface area contributed by atoms with E-state index >= 15 is 0 Å². The summed E-state index contributed by atoms with van der Waals surface area (Å²) in [5.74, 6) is 0.628. The molecule has 0 bridgehead atoms. The molecule has 100 valence electrons. The van der Waals surface area contributed by atoms with Gasteiger partial charge in [-0.15, -0.1) is 0 Å². The highest BCUT2D eigenvalue weighted by molar-refractivity contribution is 5.83. The first-order chi connectivity index (χ1) is 8.58. The van der Waals surface area contributed by atoms with Crippen LogP contribution in [-0.4, -0.2) is 25.6 Å². The molecule has 0 fully saturated rings. The van der Waals surface area contributed by atoms with Crippen LogP contribution in [-0.2, 0) is 4.79 Å². The Hall–Kier alpha value is -1.55. The molecule has 1 rings (SSSR count). The van der Waals surface area contributed by atoms with Gasteiger partial charge in [-0.25, -0.2) is 0 Å². The summed E-state index contributed by atoms with van der Waals surface area (Å²) >= 11 is 0. The number of nitrogens with one attached hydrogen (secondary N) is 1. The topological polar surface area (TPSA) is 64.4 Å². The third-order valence-corrected chi connectivity index (χ3v) is 2.67. The number of hydrogen-bond acceptors (Lipinski definition) is 3. The van der Waals surface area contributed by atoms with Crippen molar-refractivity contribution in [1.82, 2.24) is 5.32 Å². The second-order valence-corrected chi connectivity index (χ2v) is 4.48. The largest absolute Gasteiger partial charge is 0.491 e. The molecule has 1 aromatic rings. The summed E-state index contributed by atoms with van der Waals surface area (Å²) in [5.41, 5.74) is 6.52. The van der Waals surface area contributed by atoms with Crippen LogP contribution < -0.4 is 15.8 Å². The maximum absolute atomic E-state index is 11.8. The Balaban J connectivity index is 2.83. The van der Waals surface area contributed by atoms with Gasteiger partial charge in [0.2, 0.25) is 5.91 Å². The number of hydrogen-bond donors (Lipinski definition) is 2. The van der Waals surface area contributed by atoms with Gasteiger partial charge >= 0.3 is 0 Å². The van der Waals surface area contributed by atoms with E-state index in [9.17, 15) is 4.79 Å². The van der Waals surface area contributed by atoms with E-state index in [0.717, 1.165) is 11.3 Å². The van der Waals surface area contributed by atoms with Crippen molar-refractivity contribution < 1.29 is 9.53 Å². The molecule has 0 radical (unpaired) electrons. The molecule has 0 saturated carbocycles. The van der Waals surface area contributed by atoms with Crippen LogP contribution in [0.2, 0.25) is 0 Å². The molecule has 0 heterocycles. The molecule has 0 aromatic heterocycles. The quantitative estimate of drug-likeness (QED) is 0.807. The zero-order valence-corrected chi connectivity index (χ0v) is 11.3. The van der Waals surface area contributed by atoms with Gasteiger partial charge in [0.1, 0.15) is 5.75 Å². The first-order valence-corrected chi connectivity index (χ1v) is 6.26. The van der Waals surface area contributed by atoms with Gasteiger partial charge in [-0.05, 0) is 44.5 Å². The molecule has 1 unspecified atom stereocenters. The minimum Gasteiger partial charge on any atom is -0.491 e. The van der Waals surface area contributed by atoms with Crippen molar-refractivity contribution in [3.63, 3.8) is 0 Å². The second-order valence-electron chi connectivity index (χ2n) is 4.48. The van der Waals surface area contributed by atoms with Crippen LogP contribution in [0.4, 0.5) is 0 Å². The van der Waals surface area contributed by atoms with Crippen molar-refractivity contribution in [1.29, 1.82) is 0 Å². The highest BCUT2D eigenvalue weighted by Gasteiger charge is 2.18. The van der Waals surface area contributed by atoms with Gasteiger partial charge in [0.15, 0.2) is 0 Å². The van der Waals surface area contributed by atoms with Gasteiger partial charge in [-0.2, -0.15) is 0 Å². The average molecular weight is 250 g/mol. The van der Waals surface area contributed by atoms with Crippen molar-refractivity contribution in [2.75, 3.05) is 13.6 Å². The van der Waals surface area contributed by atoms with Crippen molar-refractivity contribution in [3.8, 4) is 5.75 Å². The molecular weight excluding hydrogens is 228 g/mol. The van der Waals surface area contributed by atoms with Gasteiger partial charge in [0, 0.05) is 7.05 Å². The number of likely N-dealkylation sites (N-methyl/N-ethyl adjacent to an activating group) is 1. The fraction of sp³-hybridized carbons (Fsp3) is 0.500. The van der Waals surface area contributed by atoms with Crippen molar-refractivity contribution in [3.05, 3.63) is 29.8 Å². The minimum atomic E-state index is -0.187. The van der Waals surface area contributed by atoms with E-state index in [4.69, 9.17) is 10.5 Å². The first kappa shape index (κ1) is 14.5. The van der Waals surface area contributed by atoms with Crippen LogP contribution >= 0.6 is 0 Å². The highest BCUT2D eigenvalue weighted by atomic mass is 16.5. The van der Waals surface area contributed by atoms with Crippen LogP contribution in [0.25, 0.3) is 0 Å². The SMILES string of the molecule is CNC(=O)C(CCN)c1ccc(OC(C)C)cc1. The normalized spacial score (nSPS) is 12.3. The zero-order valence-electron chi connectivity index (χ0n) is 11.3. The van der Waals surface area contributed by atoms with E-state index in [1.54, 1.807) is 7.05 Å². The lowest BCUT2D eigenvalue weighted by atomic mass is 9.95. The molecule has 3 N–H and O–H groups in total. The monoisotopic (exact) mass is 250 g/mol. The number of carbonyl (C=O) groups excluding carboxylic acids is 1. The van der Waals surface area contributed by atoms with Gasteiger partial charge in [-0.3, -0.25) is 4.79 Å². The van der Waals surface area contributed by atoms with Crippen LogP contribution in [0.3, 0.4) is 0 Å². The predicted octanol–water partition coefficient (Wildman–Crippen LogP) is 1.65. The third-order valence-electron chi connectivity index (χ3n) is 2.67. The number of ether oxygens (including phenoxy) is 1. The summed E-state index contributed by atoms with van der Waals surface area (Å²) in [7, 11) is 1.64. The summed E-state index contributed by atoms with van der Waals surface area (Å²) in [6, 6.07) is 7.63. The molecule has 18 heavy (non-hydrogen) atoms. The van der Waals surface area contributed by atoms with E-state index in [-0.39, 0.29) is 17.9 Å². The van der Waals surface area contributed by atoms with Gasteiger partial charge in [0.05, 0.1) is 12.0 Å². The fourth-order valence-electron chi connectivity index (χ4n) is 1.84. The molecule has 0 saturated heterocycles. The molecule has 4 heteroatoms. The number of rotatable bonds is 6.